The van der Waals surface area contributed by atoms with Gasteiger partial charge in [-0.1, -0.05) is 30.5 Å². The molecular formula is C13H17ClFNO. The van der Waals surface area contributed by atoms with Gasteiger partial charge in [0, 0.05) is 23.2 Å². The van der Waals surface area contributed by atoms with Crippen LogP contribution in [0.1, 0.15) is 31.2 Å². The number of halogens is 2. The molecule has 2 rings (SSSR count). The Hall–Kier alpha value is -0.640. The van der Waals surface area contributed by atoms with E-state index in [1.807, 2.05) is 0 Å². The van der Waals surface area contributed by atoms with Crippen LogP contribution in [0, 0.1) is 5.82 Å². The van der Waals surface area contributed by atoms with E-state index in [4.69, 9.17) is 11.6 Å². The lowest BCUT2D eigenvalue weighted by molar-refractivity contribution is 0.0901. The van der Waals surface area contributed by atoms with Crippen molar-refractivity contribution in [2.24, 2.45) is 0 Å². The molecule has 1 aromatic rings. The van der Waals surface area contributed by atoms with Gasteiger partial charge in [0.1, 0.15) is 5.82 Å². The van der Waals surface area contributed by atoms with Crippen molar-refractivity contribution in [2.75, 3.05) is 0 Å². The Balaban J connectivity index is 1.97. The van der Waals surface area contributed by atoms with Gasteiger partial charge in [-0.3, -0.25) is 0 Å². The lowest BCUT2D eigenvalue weighted by Crippen LogP contribution is -2.41. The number of aliphatic hydroxyl groups excluding tert-OH is 1. The van der Waals surface area contributed by atoms with Gasteiger partial charge in [0.25, 0.3) is 0 Å². The maximum Gasteiger partial charge on any atom is 0.129 e. The minimum absolute atomic E-state index is 0.0550. The molecule has 0 spiro atoms. The van der Waals surface area contributed by atoms with Crippen molar-refractivity contribution in [1.82, 2.24) is 5.32 Å². The normalized spacial score (nSPS) is 24.9. The number of rotatable bonds is 3. The van der Waals surface area contributed by atoms with Crippen LogP contribution in [0.4, 0.5) is 4.39 Å². The molecule has 17 heavy (non-hydrogen) atoms. The van der Waals surface area contributed by atoms with E-state index in [0.717, 1.165) is 25.7 Å². The van der Waals surface area contributed by atoms with Gasteiger partial charge in [0.15, 0.2) is 0 Å². The number of hydrogen-bond donors (Lipinski definition) is 2. The molecule has 0 saturated heterocycles. The van der Waals surface area contributed by atoms with Crippen LogP contribution in [0.2, 0.25) is 5.02 Å². The average molecular weight is 258 g/mol. The van der Waals surface area contributed by atoms with Gasteiger partial charge in [-0.15, -0.1) is 0 Å². The Morgan fingerprint density at radius 3 is 2.82 bits per heavy atom. The summed E-state index contributed by atoms with van der Waals surface area (Å²) in [5.41, 5.74) is 0.479. The standard InChI is InChI=1S/C13H17ClFNO/c14-10-4-3-5-11(15)9(10)8-16-12-6-1-2-7-13(12)17/h3-5,12-13,16-17H,1-2,6-8H2. The van der Waals surface area contributed by atoms with Crippen molar-refractivity contribution in [3.63, 3.8) is 0 Å². The summed E-state index contributed by atoms with van der Waals surface area (Å²) >= 11 is 5.94. The molecule has 0 bridgehead atoms. The Morgan fingerprint density at radius 2 is 2.12 bits per heavy atom. The second kappa shape index (κ2) is 5.80. The van der Waals surface area contributed by atoms with E-state index in [-0.39, 0.29) is 18.0 Å². The summed E-state index contributed by atoms with van der Waals surface area (Å²) in [7, 11) is 0. The van der Waals surface area contributed by atoms with Gasteiger partial charge in [-0.2, -0.15) is 0 Å². The van der Waals surface area contributed by atoms with Crippen molar-refractivity contribution < 1.29 is 9.50 Å². The van der Waals surface area contributed by atoms with E-state index >= 15 is 0 Å². The Kier molecular flexibility index (Phi) is 4.37. The smallest absolute Gasteiger partial charge is 0.129 e. The molecular weight excluding hydrogens is 241 g/mol. The van der Waals surface area contributed by atoms with Crippen molar-refractivity contribution in [1.29, 1.82) is 0 Å². The number of aliphatic hydroxyl groups is 1. The molecule has 0 amide bonds. The topological polar surface area (TPSA) is 32.3 Å². The molecule has 2 nitrogen and oxygen atoms in total. The predicted octanol–water partition coefficient (Wildman–Crippen LogP) is 2.87. The fraction of sp³-hybridized carbons (Fsp3) is 0.538. The largest absolute Gasteiger partial charge is 0.392 e. The predicted molar refractivity (Wildman–Crippen MR) is 66.5 cm³/mol. The van der Waals surface area contributed by atoms with E-state index in [2.05, 4.69) is 5.32 Å². The van der Waals surface area contributed by atoms with Crippen LogP contribution in [0.3, 0.4) is 0 Å². The summed E-state index contributed by atoms with van der Waals surface area (Å²) in [6, 6.07) is 4.73. The molecule has 2 unspecified atom stereocenters. The van der Waals surface area contributed by atoms with Crippen LogP contribution in [0.5, 0.6) is 0 Å². The number of hydrogen-bond acceptors (Lipinski definition) is 2. The fourth-order valence-electron chi connectivity index (χ4n) is 2.28. The van der Waals surface area contributed by atoms with Crippen LogP contribution >= 0.6 is 11.6 Å². The molecule has 1 fully saturated rings. The molecule has 94 valence electrons. The van der Waals surface area contributed by atoms with Gasteiger partial charge in [0.2, 0.25) is 0 Å². The first-order valence-corrected chi connectivity index (χ1v) is 6.40. The zero-order valence-electron chi connectivity index (χ0n) is 9.63. The Labute approximate surface area is 106 Å². The first kappa shape index (κ1) is 12.8. The number of nitrogens with one attached hydrogen (secondary N) is 1. The molecule has 0 heterocycles. The summed E-state index contributed by atoms with van der Waals surface area (Å²) in [6.45, 7) is 0.368. The summed E-state index contributed by atoms with van der Waals surface area (Å²) < 4.78 is 13.5. The average Bonchev–Trinajstić information content (AvgIpc) is 2.30. The summed E-state index contributed by atoms with van der Waals surface area (Å²) in [6.07, 6.45) is 3.62. The highest BCUT2D eigenvalue weighted by atomic mass is 35.5. The molecule has 2 atom stereocenters. The maximum absolute atomic E-state index is 13.5. The van der Waals surface area contributed by atoms with Crippen molar-refractivity contribution in [2.45, 2.75) is 44.4 Å². The minimum Gasteiger partial charge on any atom is -0.392 e. The molecule has 1 aromatic carbocycles. The van der Waals surface area contributed by atoms with Crippen molar-refractivity contribution >= 4 is 11.6 Å². The lowest BCUT2D eigenvalue weighted by atomic mass is 9.92. The zero-order valence-corrected chi connectivity index (χ0v) is 10.4. The maximum atomic E-state index is 13.5. The molecule has 1 aliphatic carbocycles. The van der Waals surface area contributed by atoms with Crippen LogP contribution < -0.4 is 5.32 Å². The first-order chi connectivity index (χ1) is 8.18. The molecule has 0 aromatic heterocycles. The van der Waals surface area contributed by atoms with Gasteiger partial charge >= 0.3 is 0 Å². The van der Waals surface area contributed by atoms with E-state index in [0.29, 0.717) is 17.1 Å². The summed E-state index contributed by atoms with van der Waals surface area (Å²) in [4.78, 5) is 0. The summed E-state index contributed by atoms with van der Waals surface area (Å²) in [5.74, 6) is -0.296. The number of benzene rings is 1. The highest BCUT2D eigenvalue weighted by molar-refractivity contribution is 6.31. The molecule has 2 N–H and O–H groups in total. The first-order valence-electron chi connectivity index (χ1n) is 6.03. The lowest BCUT2D eigenvalue weighted by Gasteiger charge is -2.28. The summed E-state index contributed by atoms with van der Waals surface area (Å²) in [5, 5.41) is 13.4. The van der Waals surface area contributed by atoms with Crippen molar-refractivity contribution in [3.05, 3.63) is 34.6 Å². The van der Waals surface area contributed by atoms with E-state index in [1.165, 1.54) is 6.07 Å². The van der Waals surface area contributed by atoms with Gasteiger partial charge in [-0.25, -0.2) is 4.39 Å². The highest BCUT2D eigenvalue weighted by Gasteiger charge is 2.22. The Bertz CT molecular complexity index is 365. The second-order valence-corrected chi connectivity index (χ2v) is 4.95. The van der Waals surface area contributed by atoms with E-state index in [9.17, 15) is 9.50 Å². The van der Waals surface area contributed by atoms with E-state index < -0.39 is 0 Å². The SMILES string of the molecule is OC1CCCCC1NCc1c(F)cccc1Cl. The van der Waals surface area contributed by atoms with Crippen LogP contribution in [-0.4, -0.2) is 17.3 Å². The van der Waals surface area contributed by atoms with Crippen molar-refractivity contribution in [3.8, 4) is 0 Å². The monoisotopic (exact) mass is 257 g/mol. The third-order valence-electron chi connectivity index (χ3n) is 3.33. The van der Waals surface area contributed by atoms with Crippen LogP contribution in [0.25, 0.3) is 0 Å². The van der Waals surface area contributed by atoms with Gasteiger partial charge < -0.3 is 10.4 Å². The minimum atomic E-state index is -0.325. The third kappa shape index (κ3) is 3.18. The molecule has 0 aliphatic heterocycles. The third-order valence-corrected chi connectivity index (χ3v) is 3.69. The quantitative estimate of drug-likeness (QED) is 0.873. The van der Waals surface area contributed by atoms with Gasteiger partial charge in [0.05, 0.1) is 6.10 Å². The Morgan fingerprint density at radius 1 is 1.35 bits per heavy atom. The molecule has 1 saturated carbocycles. The second-order valence-electron chi connectivity index (χ2n) is 4.54. The van der Waals surface area contributed by atoms with Crippen LogP contribution in [0.15, 0.2) is 18.2 Å². The fourth-order valence-corrected chi connectivity index (χ4v) is 2.51. The molecule has 4 heteroatoms. The van der Waals surface area contributed by atoms with Gasteiger partial charge in [-0.05, 0) is 25.0 Å². The van der Waals surface area contributed by atoms with E-state index in [1.54, 1.807) is 12.1 Å². The van der Waals surface area contributed by atoms with Crippen LogP contribution in [-0.2, 0) is 6.54 Å². The highest BCUT2D eigenvalue weighted by Crippen LogP contribution is 2.21. The zero-order chi connectivity index (χ0) is 12.3. The molecule has 1 aliphatic rings. The molecule has 0 radical (unpaired) electrons.